The van der Waals surface area contributed by atoms with Crippen LogP contribution in [0.4, 0.5) is 5.69 Å². The maximum Gasteiger partial charge on any atom is 0.248 e. The number of rotatable bonds is 4. The molecule has 1 amide bonds. The first-order valence-electron chi connectivity index (χ1n) is 7.41. The van der Waals surface area contributed by atoms with E-state index in [9.17, 15) is 4.79 Å². The van der Waals surface area contributed by atoms with Crippen LogP contribution >= 0.6 is 61.7 Å². The molecule has 0 bridgehead atoms. The SMILES string of the molecule is O=C(/C=C/c1ccc(-c2cc(Cl)cc(Cl)c2)o1)Nc1ccc(Br)cc1I. The van der Waals surface area contributed by atoms with Crippen molar-refractivity contribution in [2.75, 3.05) is 5.32 Å². The van der Waals surface area contributed by atoms with Crippen molar-refractivity contribution in [3.05, 3.63) is 78.5 Å². The molecule has 1 aromatic heterocycles. The van der Waals surface area contributed by atoms with Crippen molar-refractivity contribution in [3.63, 3.8) is 0 Å². The first-order chi connectivity index (χ1) is 12.4. The standard InChI is InChI=1S/C19H11BrCl2INO2/c20-12-1-4-17(16(23)9-12)24-19(25)6-3-15-2-5-18(26-15)11-7-13(21)10-14(22)8-11/h1-10H,(H,24,25)/b6-3+. The zero-order valence-electron chi connectivity index (χ0n) is 13.1. The third kappa shape index (κ3) is 5.13. The highest BCUT2D eigenvalue weighted by molar-refractivity contribution is 14.1. The molecule has 1 N–H and O–H groups in total. The van der Waals surface area contributed by atoms with Crippen molar-refractivity contribution >= 4 is 79.4 Å². The van der Waals surface area contributed by atoms with Gasteiger partial charge in [0, 0.05) is 29.7 Å². The molecule has 7 heteroatoms. The minimum atomic E-state index is -0.242. The van der Waals surface area contributed by atoms with Gasteiger partial charge in [0.15, 0.2) is 0 Å². The van der Waals surface area contributed by atoms with Gasteiger partial charge < -0.3 is 9.73 Å². The summed E-state index contributed by atoms with van der Waals surface area (Å²) in [6, 6.07) is 14.4. The van der Waals surface area contributed by atoms with Gasteiger partial charge in [0.2, 0.25) is 5.91 Å². The van der Waals surface area contributed by atoms with Gasteiger partial charge in [-0.2, -0.15) is 0 Å². The largest absolute Gasteiger partial charge is 0.457 e. The van der Waals surface area contributed by atoms with Crippen LogP contribution < -0.4 is 5.32 Å². The molecule has 0 atom stereocenters. The van der Waals surface area contributed by atoms with E-state index in [0.717, 1.165) is 19.3 Å². The summed E-state index contributed by atoms with van der Waals surface area (Å²) in [4.78, 5) is 12.1. The Hall–Kier alpha value is -1.28. The molecule has 0 saturated carbocycles. The number of amides is 1. The molecule has 0 saturated heterocycles. The van der Waals surface area contributed by atoms with Crippen molar-refractivity contribution < 1.29 is 9.21 Å². The lowest BCUT2D eigenvalue weighted by atomic mass is 10.2. The summed E-state index contributed by atoms with van der Waals surface area (Å²) in [5.41, 5.74) is 1.52. The molecule has 1 heterocycles. The van der Waals surface area contributed by atoms with Crippen LogP contribution in [0.1, 0.15) is 5.76 Å². The quantitative estimate of drug-likeness (QED) is 0.268. The first kappa shape index (κ1) is 19.5. The molecule has 0 spiro atoms. The Labute approximate surface area is 182 Å². The average molecular weight is 563 g/mol. The smallest absolute Gasteiger partial charge is 0.248 e. The van der Waals surface area contributed by atoms with Crippen LogP contribution in [0.5, 0.6) is 0 Å². The molecule has 3 rings (SSSR count). The highest BCUT2D eigenvalue weighted by Crippen LogP contribution is 2.29. The van der Waals surface area contributed by atoms with Crippen molar-refractivity contribution in [2.24, 2.45) is 0 Å². The Kier molecular flexibility index (Phi) is 6.45. The molecular weight excluding hydrogens is 552 g/mol. The van der Waals surface area contributed by atoms with Crippen LogP contribution in [-0.2, 0) is 4.79 Å². The minimum absolute atomic E-state index is 0.242. The van der Waals surface area contributed by atoms with E-state index in [4.69, 9.17) is 27.6 Å². The van der Waals surface area contributed by atoms with Gasteiger partial charge >= 0.3 is 0 Å². The molecular formula is C19H11BrCl2INO2. The van der Waals surface area contributed by atoms with Gasteiger partial charge in [-0.1, -0.05) is 39.1 Å². The van der Waals surface area contributed by atoms with Gasteiger partial charge in [0.05, 0.1) is 5.69 Å². The van der Waals surface area contributed by atoms with E-state index < -0.39 is 0 Å². The molecule has 132 valence electrons. The molecule has 0 radical (unpaired) electrons. The summed E-state index contributed by atoms with van der Waals surface area (Å²) in [5, 5.41) is 3.89. The van der Waals surface area contributed by atoms with Crippen molar-refractivity contribution in [3.8, 4) is 11.3 Å². The topological polar surface area (TPSA) is 42.2 Å². The van der Waals surface area contributed by atoms with Gasteiger partial charge in [0.25, 0.3) is 0 Å². The Morgan fingerprint density at radius 3 is 2.50 bits per heavy atom. The second kappa shape index (κ2) is 8.61. The van der Waals surface area contributed by atoms with Crippen LogP contribution in [0.2, 0.25) is 10.0 Å². The normalized spacial score (nSPS) is 11.1. The lowest BCUT2D eigenvalue weighted by Gasteiger charge is -2.05. The monoisotopic (exact) mass is 561 g/mol. The Bertz CT molecular complexity index is 981. The van der Waals surface area contributed by atoms with E-state index in [1.54, 1.807) is 36.4 Å². The maximum absolute atomic E-state index is 12.1. The van der Waals surface area contributed by atoms with Gasteiger partial charge in [-0.15, -0.1) is 0 Å². The Morgan fingerprint density at radius 2 is 1.81 bits per heavy atom. The van der Waals surface area contributed by atoms with Crippen LogP contribution in [-0.4, -0.2) is 5.91 Å². The van der Waals surface area contributed by atoms with Crippen LogP contribution in [0.3, 0.4) is 0 Å². The number of carbonyl (C=O) groups excluding carboxylic acids is 1. The number of nitrogens with one attached hydrogen (secondary N) is 1. The number of anilines is 1. The zero-order chi connectivity index (χ0) is 18.7. The third-order valence-electron chi connectivity index (χ3n) is 3.36. The van der Waals surface area contributed by atoms with Crippen molar-refractivity contribution in [1.29, 1.82) is 0 Å². The third-order valence-corrected chi connectivity index (χ3v) is 5.18. The van der Waals surface area contributed by atoms with E-state index in [-0.39, 0.29) is 5.91 Å². The molecule has 3 nitrogen and oxygen atoms in total. The lowest BCUT2D eigenvalue weighted by Crippen LogP contribution is -2.08. The minimum Gasteiger partial charge on any atom is -0.457 e. The van der Waals surface area contributed by atoms with E-state index in [1.165, 1.54) is 6.08 Å². The maximum atomic E-state index is 12.1. The highest BCUT2D eigenvalue weighted by Gasteiger charge is 2.07. The fraction of sp³-hybridized carbons (Fsp3) is 0. The fourth-order valence-corrected chi connectivity index (χ4v) is 4.18. The summed E-state index contributed by atoms with van der Waals surface area (Å²) < 4.78 is 7.63. The Morgan fingerprint density at radius 1 is 1.08 bits per heavy atom. The summed E-state index contributed by atoms with van der Waals surface area (Å²) in [6.07, 6.45) is 3.03. The van der Waals surface area contributed by atoms with E-state index >= 15 is 0 Å². The van der Waals surface area contributed by atoms with E-state index in [2.05, 4.69) is 43.8 Å². The Balaban J connectivity index is 1.71. The van der Waals surface area contributed by atoms with Crippen LogP contribution in [0.25, 0.3) is 17.4 Å². The number of halogens is 4. The van der Waals surface area contributed by atoms with Gasteiger partial charge in [-0.3, -0.25) is 4.79 Å². The molecule has 2 aromatic carbocycles. The molecule has 3 aromatic rings. The highest BCUT2D eigenvalue weighted by atomic mass is 127. The van der Waals surface area contributed by atoms with Crippen molar-refractivity contribution in [2.45, 2.75) is 0 Å². The van der Waals surface area contributed by atoms with E-state index in [1.807, 2.05) is 18.2 Å². The predicted octanol–water partition coefficient (Wildman–Crippen LogP) is 7.27. The number of furan rings is 1. The number of hydrogen-bond donors (Lipinski definition) is 1. The zero-order valence-corrected chi connectivity index (χ0v) is 18.4. The average Bonchev–Trinajstić information content (AvgIpc) is 3.04. The van der Waals surface area contributed by atoms with Crippen LogP contribution in [0, 0.1) is 3.57 Å². The summed E-state index contributed by atoms with van der Waals surface area (Å²) in [7, 11) is 0. The van der Waals surface area contributed by atoms with Gasteiger partial charge in [-0.25, -0.2) is 0 Å². The molecule has 0 aliphatic carbocycles. The second-order valence-electron chi connectivity index (χ2n) is 5.31. The molecule has 0 aliphatic heterocycles. The lowest BCUT2D eigenvalue weighted by molar-refractivity contribution is -0.111. The number of benzene rings is 2. The fourth-order valence-electron chi connectivity index (χ4n) is 2.22. The van der Waals surface area contributed by atoms with Gasteiger partial charge in [-0.05, 0) is 77.2 Å². The predicted molar refractivity (Wildman–Crippen MR) is 119 cm³/mol. The molecule has 26 heavy (non-hydrogen) atoms. The van der Waals surface area contributed by atoms with Gasteiger partial charge in [0.1, 0.15) is 11.5 Å². The second-order valence-corrected chi connectivity index (χ2v) is 8.26. The number of hydrogen-bond acceptors (Lipinski definition) is 2. The molecule has 0 unspecified atom stereocenters. The summed E-state index contributed by atoms with van der Waals surface area (Å²) in [5.74, 6) is 0.933. The van der Waals surface area contributed by atoms with Crippen molar-refractivity contribution in [1.82, 2.24) is 0 Å². The summed E-state index contributed by atoms with van der Waals surface area (Å²) in [6.45, 7) is 0. The van der Waals surface area contributed by atoms with E-state index in [0.29, 0.717) is 21.6 Å². The molecule has 0 aliphatic rings. The number of carbonyl (C=O) groups is 1. The van der Waals surface area contributed by atoms with Crippen LogP contribution in [0.15, 0.2) is 63.5 Å². The first-order valence-corrected chi connectivity index (χ1v) is 10.0. The summed E-state index contributed by atoms with van der Waals surface area (Å²) >= 11 is 17.6. The molecule has 0 fully saturated rings.